The normalized spacial score (nSPS) is 22.0. The molecule has 0 bridgehead atoms. The molecule has 3 fully saturated rings. The van der Waals surface area contributed by atoms with Gasteiger partial charge in [-0.15, -0.1) is 0 Å². The Morgan fingerprint density at radius 1 is 1.37 bits per heavy atom. The molecule has 0 aromatic carbocycles. The third-order valence-corrected chi connectivity index (χ3v) is 5.89. The summed E-state index contributed by atoms with van der Waals surface area (Å²) in [5.74, 6) is 1.44. The fourth-order valence-corrected chi connectivity index (χ4v) is 3.92. The van der Waals surface area contributed by atoms with Crippen molar-refractivity contribution >= 4 is 12.0 Å². The van der Waals surface area contributed by atoms with Crippen molar-refractivity contribution in [3.05, 3.63) is 11.7 Å². The van der Waals surface area contributed by atoms with E-state index in [4.69, 9.17) is 9.26 Å². The fourth-order valence-electron chi connectivity index (χ4n) is 3.92. The second kappa shape index (κ2) is 7.46. The quantitative estimate of drug-likeness (QED) is 0.796. The summed E-state index contributed by atoms with van der Waals surface area (Å²) in [5, 5.41) is 7.28. The van der Waals surface area contributed by atoms with E-state index in [-0.39, 0.29) is 12.5 Å². The zero-order chi connectivity index (χ0) is 18.9. The molecule has 3 heterocycles. The molecule has 9 nitrogen and oxygen atoms in total. The van der Waals surface area contributed by atoms with Crippen molar-refractivity contribution in [3.63, 3.8) is 0 Å². The molecule has 148 valence electrons. The van der Waals surface area contributed by atoms with Crippen molar-refractivity contribution in [2.24, 2.45) is 0 Å². The highest BCUT2D eigenvalue weighted by atomic mass is 16.6. The van der Waals surface area contributed by atoms with Gasteiger partial charge >= 0.3 is 6.09 Å². The van der Waals surface area contributed by atoms with Crippen molar-refractivity contribution in [1.29, 1.82) is 0 Å². The van der Waals surface area contributed by atoms with Crippen LogP contribution in [0.3, 0.4) is 0 Å². The minimum atomic E-state index is -0.439. The molecular weight excluding hydrogens is 350 g/mol. The number of carbonyl (C=O) groups is 2. The lowest BCUT2D eigenvalue weighted by atomic mass is 9.85. The predicted molar refractivity (Wildman–Crippen MR) is 94.9 cm³/mol. The van der Waals surface area contributed by atoms with Crippen molar-refractivity contribution in [3.8, 4) is 0 Å². The van der Waals surface area contributed by atoms with Crippen LogP contribution in [0.15, 0.2) is 4.52 Å². The molecule has 1 saturated carbocycles. The monoisotopic (exact) mass is 377 g/mol. The van der Waals surface area contributed by atoms with Gasteiger partial charge in [-0.25, -0.2) is 4.79 Å². The molecule has 1 N–H and O–H groups in total. The number of nitrogens with one attached hydrogen (secondary N) is 1. The molecule has 2 amide bonds. The summed E-state index contributed by atoms with van der Waals surface area (Å²) < 4.78 is 10.9. The van der Waals surface area contributed by atoms with E-state index < -0.39 is 11.7 Å². The van der Waals surface area contributed by atoms with Gasteiger partial charge in [-0.1, -0.05) is 11.6 Å². The number of nitrogens with zero attached hydrogens (tertiary/aromatic N) is 4. The van der Waals surface area contributed by atoms with Crippen LogP contribution in [0.25, 0.3) is 0 Å². The summed E-state index contributed by atoms with van der Waals surface area (Å²) in [6.45, 7) is 4.88. The second-order valence-electron chi connectivity index (χ2n) is 7.74. The van der Waals surface area contributed by atoms with E-state index in [1.807, 2.05) is 6.92 Å². The first-order valence-corrected chi connectivity index (χ1v) is 9.87. The van der Waals surface area contributed by atoms with Gasteiger partial charge in [0.2, 0.25) is 11.8 Å². The van der Waals surface area contributed by atoms with Crippen LogP contribution in [0.5, 0.6) is 0 Å². The van der Waals surface area contributed by atoms with E-state index in [0.717, 1.165) is 38.8 Å². The Bertz CT molecular complexity index is 696. The summed E-state index contributed by atoms with van der Waals surface area (Å²) in [4.78, 5) is 32.6. The first kappa shape index (κ1) is 18.2. The molecule has 1 aliphatic carbocycles. The maximum atomic E-state index is 12.7. The minimum absolute atomic E-state index is 0.0230. The summed E-state index contributed by atoms with van der Waals surface area (Å²) in [7, 11) is 0. The van der Waals surface area contributed by atoms with Crippen LogP contribution in [0, 0.1) is 0 Å². The summed E-state index contributed by atoms with van der Waals surface area (Å²) in [5.41, 5.74) is -0.439. The molecule has 2 saturated heterocycles. The summed E-state index contributed by atoms with van der Waals surface area (Å²) in [6, 6.07) is 0. The van der Waals surface area contributed by atoms with Crippen LogP contribution >= 0.6 is 0 Å². The lowest BCUT2D eigenvalue weighted by Gasteiger charge is -2.31. The Labute approximate surface area is 158 Å². The number of hydrogen-bond acceptors (Lipinski definition) is 7. The maximum absolute atomic E-state index is 12.7. The van der Waals surface area contributed by atoms with Gasteiger partial charge < -0.3 is 19.5 Å². The van der Waals surface area contributed by atoms with Crippen LogP contribution in [0.4, 0.5) is 4.79 Å². The van der Waals surface area contributed by atoms with Crippen molar-refractivity contribution < 1.29 is 18.8 Å². The number of carbonyl (C=O) groups excluding carboxylic acids is 2. The second-order valence-corrected chi connectivity index (χ2v) is 7.74. The average molecular weight is 377 g/mol. The zero-order valence-corrected chi connectivity index (χ0v) is 15.8. The number of amides is 2. The fraction of sp³-hybridized carbons (Fsp3) is 0.778. The Hall–Kier alpha value is -2.16. The zero-order valence-electron chi connectivity index (χ0n) is 15.8. The van der Waals surface area contributed by atoms with Crippen molar-refractivity contribution in [2.45, 2.75) is 57.1 Å². The third kappa shape index (κ3) is 3.78. The molecule has 1 aromatic heterocycles. The van der Waals surface area contributed by atoms with Crippen LogP contribution in [0.2, 0.25) is 0 Å². The van der Waals surface area contributed by atoms with Crippen LogP contribution in [0.1, 0.15) is 56.7 Å². The van der Waals surface area contributed by atoms with Gasteiger partial charge in [0, 0.05) is 25.3 Å². The molecule has 0 atom stereocenters. The number of likely N-dealkylation sites (N-methyl/N-ethyl adjacent to an activating group) is 1. The van der Waals surface area contributed by atoms with Gasteiger partial charge in [0.1, 0.15) is 12.1 Å². The van der Waals surface area contributed by atoms with E-state index in [2.05, 4.69) is 15.5 Å². The smallest absolute Gasteiger partial charge is 0.410 e. The molecule has 0 unspecified atom stereocenters. The summed E-state index contributed by atoms with van der Waals surface area (Å²) in [6.07, 6.45) is 4.55. The van der Waals surface area contributed by atoms with Crippen LogP contribution < -0.4 is 5.32 Å². The topological polar surface area (TPSA) is 101 Å². The Kier molecular flexibility index (Phi) is 5.03. The highest BCUT2D eigenvalue weighted by Crippen LogP contribution is 2.35. The van der Waals surface area contributed by atoms with Gasteiger partial charge in [-0.05, 0) is 32.9 Å². The number of hydrogen-bond donors (Lipinski definition) is 1. The molecule has 1 aromatic rings. The first-order chi connectivity index (χ1) is 13.1. The first-order valence-electron chi connectivity index (χ1n) is 9.87. The Morgan fingerprint density at radius 2 is 2.15 bits per heavy atom. The van der Waals surface area contributed by atoms with Crippen LogP contribution in [-0.4, -0.2) is 70.3 Å². The molecule has 3 aliphatic rings. The number of piperidine rings is 1. The van der Waals surface area contributed by atoms with Gasteiger partial charge in [0.25, 0.3) is 0 Å². The molecule has 27 heavy (non-hydrogen) atoms. The lowest BCUT2D eigenvalue weighted by molar-refractivity contribution is -0.132. The van der Waals surface area contributed by atoms with E-state index >= 15 is 0 Å². The molecule has 4 rings (SSSR count). The third-order valence-electron chi connectivity index (χ3n) is 5.89. The van der Waals surface area contributed by atoms with E-state index in [1.165, 1.54) is 11.3 Å². The molecule has 0 radical (unpaired) electrons. The highest BCUT2D eigenvalue weighted by Gasteiger charge is 2.46. The van der Waals surface area contributed by atoms with E-state index in [1.54, 1.807) is 4.90 Å². The minimum Gasteiger partial charge on any atom is -0.441 e. The SMILES string of the molecule is CCN(Cc1noc(C2CCC2)n1)C(=O)CN1CC2(CCNCC2)OC1=O. The number of aromatic nitrogens is 2. The largest absolute Gasteiger partial charge is 0.441 e. The van der Waals surface area contributed by atoms with E-state index in [9.17, 15) is 9.59 Å². The standard InChI is InChI=1S/C18H27N5O4/c1-2-22(10-14-20-16(27-21-14)13-4-3-5-13)15(24)11-23-12-18(26-17(23)25)6-8-19-9-7-18/h13,19H,2-12H2,1H3. The number of rotatable bonds is 6. The molecular formula is C18H27N5O4. The average Bonchev–Trinajstić information content (AvgIpc) is 3.17. The molecule has 9 heteroatoms. The molecule has 1 spiro atoms. The van der Waals surface area contributed by atoms with Crippen molar-refractivity contribution in [1.82, 2.24) is 25.3 Å². The van der Waals surface area contributed by atoms with Gasteiger partial charge in [-0.2, -0.15) is 4.98 Å². The Morgan fingerprint density at radius 3 is 2.81 bits per heavy atom. The van der Waals surface area contributed by atoms with Crippen LogP contribution in [-0.2, 0) is 16.1 Å². The van der Waals surface area contributed by atoms with Gasteiger partial charge in [0.15, 0.2) is 5.82 Å². The number of ether oxygens (including phenoxy) is 1. The maximum Gasteiger partial charge on any atom is 0.410 e. The Balaban J connectivity index is 1.34. The van der Waals surface area contributed by atoms with Gasteiger partial charge in [0.05, 0.1) is 13.1 Å². The lowest BCUT2D eigenvalue weighted by Crippen LogP contribution is -2.46. The van der Waals surface area contributed by atoms with Gasteiger partial charge in [-0.3, -0.25) is 9.69 Å². The summed E-state index contributed by atoms with van der Waals surface area (Å²) >= 11 is 0. The predicted octanol–water partition coefficient (Wildman–Crippen LogP) is 1.26. The van der Waals surface area contributed by atoms with Crippen molar-refractivity contribution in [2.75, 3.05) is 32.7 Å². The highest BCUT2D eigenvalue weighted by molar-refractivity contribution is 5.83. The van der Waals surface area contributed by atoms with E-state index in [0.29, 0.717) is 37.3 Å². The molecule has 2 aliphatic heterocycles.